The summed E-state index contributed by atoms with van der Waals surface area (Å²) in [7, 11) is 0. The predicted molar refractivity (Wildman–Crippen MR) is 67.2 cm³/mol. The van der Waals surface area contributed by atoms with Gasteiger partial charge in [-0.05, 0) is 43.2 Å². The lowest BCUT2D eigenvalue weighted by Crippen LogP contribution is -2.30. The molecular weight excluding hydrogens is 196 g/mol. The number of rotatable bonds is 3. The summed E-state index contributed by atoms with van der Waals surface area (Å²) in [4.78, 5) is 4.17. The van der Waals surface area contributed by atoms with Crippen LogP contribution in [0.3, 0.4) is 0 Å². The molecule has 1 aliphatic carbocycles. The predicted octanol–water partition coefficient (Wildman–Crippen LogP) is 3.31. The summed E-state index contributed by atoms with van der Waals surface area (Å²) >= 11 is 0. The highest BCUT2D eigenvalue weighted by molar-refractivity contribution is 5.13. The maximum absolute atomic E-state index is 4.17. The molecular formula is C14H22N2. The van der Waals surface area contributed by atoms with E-state index in [0.29, 0.717) is 17.5 Å². The molecule has 0 saturated heterocycles. The standard InChI is InChI=1S/C14H22N2/c1-11(12-5-4-8-15-10-12)16-13-6-7-14(2,3)9-13/h4-5,8,10-11,13,16H,6-7,9H2,1-3H3/t11-,13?/m1/s1. The number of aromatic nitrogens is 1. The second-order valence-corrected chi connectivity index (χ2v) is 5.78. The quantitative estimate of drug-likeness (QED) is 0.842. The lowest BCUT2D eigenvalue weighted by molar-refractivity contribution is 0.356. The third kappa shape index (κ3) is 2.82. The Labute approximate surface area is 98.5 Å². The van der Waals surface area contributed by atoms with E-state index in [1.807, 2.05) is 18.5 Å². The Balaban J connectivity index is 1.91. The Morgan fingerprint density at radius 2 is 2.31 bits per heavy atom. The van der Waals surface area contributed by atoms with Gasteiger partial charge in [-0.15, -0.1) is 0 Å². The monoisotopic (exact) mass is 218 g/mol. The van der Waals surface area contributed by atoms with E-state index < -0.39 is 0 Å². The van der Waals surface area contributed by atoms with E-state index in [-0.39, 0.29) is 0 Å². The van der Waals surface area contributed by atoms with Crippen molar-refractivity contribution in [2.24, 2.45) is 5.41 Å². The van der Waals surface area contributed by atoms with Gasteiger partial charge in [0.2, 0.25) is 0 Å². The minimum absolute atomic E-state index is 0.410. The third-order valence-electron chi connectivity index (χ3n) is 3.64. The van der Waals surface area contributed by atoms with E-state index >= 15 is 0 Å². The molecule has 1 aliphatic rings. The van der Waals surface area contributed by atoms with Crippen LogP contribution in [0.2, 0.25) is 0 Å². The van der Waals surface area contributed by atoms with Gasteiger partial charge in [0, 0.05) is 24.5 Å². The zero-order valence-corrected chi connectivity index (χ0v) is 10.5. The SMILES string of the molecule is C[C@@H](NC1CCC(C)(C)C1)c1cccnc1. The minimum Gasteiger partial charge on any atom is -0.307 e. The molecule has 1 N–H and O–H groups in total. The molecule has 88 valence electrons. The number of nitrogens with one attached hydrogen (secondary N) is 1. The van der Waals surface area contributed by atoms with Crippen LogP contribution in [0.4, 0.5) is 0 Å². The first-order chi connectivity index (χ1) is 7.57. The molecule has 1 fully saturated rings. The zero-order chi connectivity index (χ0) is 11.6. The lowest BCUT2D eigenvalue weighted by Gasteiger charge is -2.21. The third-order valence-corrected chi connectivity index (χ3v) is 3.64. The van der Waals surface area contributed by atoms with E-state index in [2.05, 4.69) is 37.1 Å². The number of hydrogen-bond acceptors (Lipinski definition) is 2. The first kappa shape index (κ1) is 11.6. The molecule has 0 aliphatic heterocycles. The fourth-order valence-corrected chi connectivity index (χ4v) is 2.66. The van der Waals surface area contributed by atoms with Crippen LogP contribution < -0.4 is 5.32 Å². The van der Waals surface area contributed by atoms with Crippen LogP contribution in [0.5, 0.6) is 0 Å². The van der Waals surface area contributed by atoms with Crippen LogP contribution in [0.1, 0.15) is 51.6 Å². The van der Waals surface area contributed by atoms with Gasteiger partial charge in [0.1, 0.15) is 0 Å². The van der Waals surface area contributed by atoms with Gasteiger partial charge in [0.25, 0.3) is 0 Å². The summed E-state index contributed by atoms with van der Waals surface area (Å²) in [6.07, 6.45) is 7.71. The Morgan fingerprint density at radius 3 is 2.88 bits per heavy atom. The lowest BCUT2D eigenvalue weighted by atomic mass is 9.91. The Hall–Kier alpha value is -0.890. The van der Waals surface area contributed by atoms with Crippen molar-refractivity contribution in [3.8, 4) is 0 Å². The van der Waals surface area contributed by atoms with Gasteiger partial charge >= 0.3 is 0 Å². The maximum atomic E-state index is 4.17. The molecule has 1 saturated carbocycles. The Kier molecular flexibility index (Phi) is 3.29. The molecule has 0 radical (unpaired) electrons. The molecule has 1 heterocycles. The van der Waals surface area contributed by atoms with Gasteiger partial charge < -0.3 is 5.32 Å². The molecule has 16 heavy (non-hydrogen) atoms. The molecule has 2 heteroatoms. The van der Waals surface area contributed by atoms with Gasteiger partial charge in [0.05, 0.1) is 0 Å². The fourth-order valence-electron chi connectivity index (χ4n) is 2.66. The van der Waals surface area contributed by atoms with Crippen LogP contribution in [-0.2, 0) is 0 Å². The maximum Gasteiger partial charge on any atom is 0.0315 e. The van der Waals surface area contributed by atoms with Gasteiger partial charge in [-0.3, -0.25) is 4.98 Å². The summed E-state index contributed by atoms with van der Waals surface area (Å²) in [5, 5.41) is 3.71. The fraction of sp³-hybridized carbons (Fsp3) is 0.643. The van der Waals surface area contributed by atoms with Crippen molar-refractivity contribution in [2.45, 2.75) is 52.1 Å². The zero-order valence-electron chi connectivity index (χ0n) is 10.5. The summed E-state index contributed by atoms with van der Waals surface area (Å²) in [6.45, 7) is 6.95. The van der Waals surface area contributed by atoms with Crippen LogP contribution in [-0.4, -0.2) is 11.0 Å². The van der Waals surface area contributed by atoms with Crippen molar-refractivity contribution in [2.75, 3.05) is 0 Å². The molecule has 1 aromatic rings. The van der Waals surface area contributed by atoms with Crippen molar-refractivity contribution in [1.82, 2.24) is 10.3 Å². The smallest absolute Gasteiger partial charge is 0.0315 e. The van der Waals surface area contributed by atoms with E-state index in [0.717, 1.165) is 0 Å². The molecule has 2 atom stereocenters. The first-order valence-corrected chi connectivity index (χ1v) is 6.23. The molecule has 2 rings (SSSR count). The highest BCUT2D eigenvalue weighted by Crippen LogP contribution is 2.37. The van der Waals surface area contributed by atoms with Crippen LogP contribution in [0.15, 0.2) is 24.5 Å². The average molecular weight is 218 g/mol. The molecule has 2 nitrogen and oxygen atoms in total. The Bertz CT molecular complexity index is 332. The highest BCUT2D eigenvalue weighted by atomic mass is 15.0. The van der Waals surface area contributed by atoms with Crippen LogP contribution >= 0.6 is 0 Å². The average Bonchev–Trinajstić information content (AvgIpc) is 2.59. The van der Waals surface area contributed by atoms with Gasteiger partial charge in [0.15, 0.2) is 0 Å². The van der Waals surface area contributed by atoms with E-state index in [1.54, 1.807) is 0 Å². The second kappa shape index (κ2) is 4.54. The van der Waals surface area contributed by atoms with Gasteiger partial charge in [-0.2, -0.15) is 0 Å². The topological polar surface area (TPSA) is 24.9 Å². The first-order valence-electron chi connectivity index (χ1n) is 6.23. The molecule has 0 amide bonds. The molecule has 0 spiro atoms. The number of pyridine rings is 1. The van der Waals surface area contributed by atoms with E-state index in [1.165, 1.54) is 24.8 Å². The van der Waals surface area contributed by atoms with Crippen molar-refractivity contribution in [3.63, 3.8) is 0 Å². The van der Waals surface area contributed by atoms with Crippen LogP contribution in [0.25, 0.3) is 0 Å². The number of nitrogens with zero attached hydrogens (tertiary/aromatic N) is 1. The van der Waals surface area contributed by atoms with Crippen LogP contribution in [0, 0.1) is 5.41 Å². The Morgan fingerprint density at radius 1 is 1.50 bits per heavy atom. The van der Waals surface area contributed by atoms with E-state index in [4.69, 9.17) is 0 Å². The normalized spacial score (nSPS) is 25.6. The molecule has 0 bridgehead atoms. The largest absolute Gasteiger partial charge is 0.307 e. The molecule has 1 unspecified atom stereocenters. The molecule has 1 aromatic heterocycles. The van der Waals surface area contributed by atoms with Crippen molar-refractivity contribution >= 4 is 0 Å². The highest BCUT2D eigenvalue weighted by Gasteiger charge is 2.31. The summed E-state index contributed by atoms with van der Waals surface area (Å²) in [5.74, 6) is 0. The van der Waals surface area contributed by atoms with Crippen molar-refractivity contribution in [1.29, 1.82) is 0 Å². The van der Waals surface area contributed by atoms with E-state index in [9.17, 15) is 0 Å². The van der Waals surface area contributed by atoms with Gasteiger partial charge in [-0.25, -0.2) is 0 Å². The summed E-state index contributed by atoms with van der Waals surface area (Å²) < 4.78 is 0. The van der Waals surface area contributed by atoms with Gasteiger partial charge in [-0.1, -0.05) is 19.9 Å². The van der Waals surface area contributed by atoms with Crippen molar-refractivity contribution < 1.29 is 0 Å². The second-order valence-electron chi connectivity index (χ2n) is 5.78. The molecule has 0 aromatic carbocycles. The minimum atomic E-state index is 0.410. The summed E-state index contributed by atoms with van der Waals surface area (Å²) in [6, 6.07) is 5.23. The van der Waals surface area contributed by atoms with Crippen molar-refractivity contribution in [3.05, 3.63) is 30.1 Å². The number of hydrogen-bond donors (Lipinski definition) is 1. The summed E-state index contributed by atoms with van der Waals surface area (Å²) in [5.41, 5.74) is 1.80.